The first-order valence-corrected chi connectivity index (χ1v) is 7.42. The van der Waals surface area contributed by atoms with Crippen molar-refractivity contribution in [1.29, 1.82) is 0 Å². The highest BCUT2D eigenvalue weighted by molar-refractivity contribution is 5.73. The number of hydrogen-bond acceptors (Lipinski definition) is 4. The molecule has 1 heterocycles. The van der Waals surface area contributed by atoms with Crippen LogP contribution >= 0.6 is 0 Å². The van der Waals surface area contributed by atoms with E-state index in [0.717, 1.165) is 23.4 Å². The van der Waals surface area contributed by atoms with Gasteiger partial charge in [0, 0.05) is 6.42 Å². The molecule has 0 atom stereocenters. The van der Waals surface area contributed by atoms with Crippen molar-refractivity contribution in [2.75, 3.05) is 6.61 Å². The number of ether oxygens (including phenoxy) is 1. The fourth-order valence-corrected chi connectivity index (χ4v) is 2.31. The molecule has 23 heavy (non-hydrogen) atoms. The molecule has 5 nitrogen and oxygen atoms in total. The summed E-state index contributed by atoms with van der Waals surface area (Å²) in [6.45, 7) is 2.47. The standard InChI is InChI=1S/C18H17N3O2/c1-14-7-9-15(10-8-14)21-18(17(13-22)19-20-21)11-12-23-16-5-3-2-4-6-16/h2-10,13H,11-12H2,1H3. The van der Waals surface area contributed by atoms with Crippen LogP contribution in [0.15, 0.2) is 54.6 Å². The third kappa shape index (κ3) is 3.45. The second-order valence-electron chi connectivity index (χ2n) is 5.20. The van der Waals surface area contributed by atoms with Crippen LogP contribution < -0.4 is 4.74 Å². The Morgan fingerprint density at radius 3 is 2.52 bits per heavy atom. The average molecular weight is 307 g/mol. The van der Waals surface area contributed by atoms with Gasteiger partial charge in [0.2, 0.25) is 0 Å². The van der Waals surface area contributed by atoms with Gasteiger partial charge in [-0.3, -0.25) is 4.79 Å². The van der Waals surface area contributed by atoms with Crippen LogP contribution in [0.1, 0.15) is 21.7 Å². The van der Waals surface area contributed by atoms with Crippen LogP contribution in [0.4, 0.5) is 0 Å². The molecule has 0 fully saturated rings. The van der Waals surface area contributed by atoms with Crippen molar-refractivity contribution in [1.82, 2.24) is 15.0 Å². The Labute approximate surface area is 134 Å². The summed E-state index contributed by atoms with van der Waals surface area (Å²) in [5, 5.41) is 8.04. The third-order valence-corrected chi connectivity index (χ3v) is 3.53. The summed E-state index contributed by atoms with van der Waals surface area (Å²) in [6, 6.07) is 17.5. The Kier molecular flexibility index (Phi) is 4.47. The Bertz CT molecular complexity index is 780. The summed E-state index contributed by atoms with van der Waals surface area (Å²) in [7, 11) is 0. The van der Waals surface area contributed by atoms with Gasteiger partial charge in [-0.05, 0) is 31.2 Å². The van der Waals surface area contributed by atoms with E-state index >= 15 is 0 Å². The highest BCUT2D eigenvalue weighted by Crippen LogP contribution is 2.15. The summed E-state index contributed by atoms with van der Waals surface area (Å²) in [6.07, 6.45) is 1.28. The van der Waals surface area contributed by atoms with E-state index in [4.69, 9.17) is 4.74 Å². The van der Waals surface area contributed by atoms with E-state index in [2.05, 4.69) is 10.3 Å². The van der Waals surface area contributed by atoms with Gasteiger partial charge in [-0.1, -0.05) is 41.1 Å². The maximum atomic E-state index is 11.2. The van der Waals surface area contributed by atoms with E-state index in [0.29, 0.717) is 18.7 Å². The molecule has 0 aliphatic carbocycles. The largest absolute Gasteiger partial charge is 0.493 e. The third-order valence-electron chi connectivity index (χ3n) is 3.53. The molecular formula is C18H17N3O2. The number of rotatable bonds is 6. The maximum absolute atomic E-state index is 11.2. The lowest BCUT2D eigenvalue weighted by atomic mass is 10.2. The van der Waals surface area contributed by atoms with Crippen LogP contribution in [0.5, 0.6) is 5.75 Å². The Hall–Kier alpha value is -2.95. The number of para-hydroxylation sites is 1. The summed E-state index contributed by atoms with van der Waals surface area (Å²) < 4.78 is 7.40. The van der Waals surface area contributed by atoms with Crippen molar-refractivity contribution in [2.45, 2.75) is 13.3 Å². The van der Waals surface area contributed by atoms with Crippen LogP contribution in [-0.2, 0) is 6.42 Å². The molecule has 0 unspecified atom stereocenters. The minimum atomic E-state index is 0.349. The Morgan fingerprint density at radius 2 is 1.83 bits per heavy atom. The predicted molar refractivity (Wildman–Crippen MR) is 87.1 cm³/mol. The molecule has 0 saturated carbocycles. The van der Waals surface area contributed by atoms with Gasteiger partial charge in [-0.2, -0.15) is 0 Å². The lowest BCUT2D eigenvalue weighted by Crippen LogP contribution is -2.09. The van der Waals surface area contributed by atoms with E-state index in [-0.39, 0.29) is 0 Å². The molecule has 2 aromatic carbocycles. The number of benzene rings is 2. The molecule has 0 radical (unpaired) electrons. The van der Waals surface area contributed by atoms with Gasteiger partial charge in [-0.25, -0.2) is 4.68 Å². The first-order valence-electron chi connectivity index (χ1n) is 7.42. The number of aromatic nitrogens is 3. The lowest BCUT2D eigenvalue weighted by Gasteiger charge is -2.09. The van der Waals surface area contributed by atoms with Gasteiger partial charge >= 0.3 is 0 Å². The van der Waals surface area contributed by atoms with Crippen LogP contribution in [-0.4, -0.2) is 27.9 Å². The molecule has 0 aliphatic rings. The van der Waals surface area contributed by atoms with Gasteiger partial charge in [0.1, 0.15) is 11.4 Å². The Balaban J connectivity index is 1.79. The number of carbonyl (C=O) groups is 1. The summed E-state index contributed by atoms with van der Waals surface area (Å²) in [5.41, 5.74) is 3.14. The quantitative estimate of drug-likeness (QED) is 0.657. The molecule has 0 saturated heterocycles. The molecule has 0 bridgehead atoms. The zero-order valence-corrected chi connectivity index (χ0v) is 12.8. The molecule has 0 amide bonds. The van der Waals surface area contributed by atoms with Crippen molar-refractivity contribution in [3.05, 3.63) is 71.5 Å². The van der Waals surface area contributed by atoms with Crippen LogP contribution in [0, 0.1) is 6.92 Å². The van der Waals surface area contributed by atoms with Gasteiger partial charge in [0.15, 0.2) is 6.29 Å². The molecule has 5 heteroatoms. The van der Waals surface area contributed by atoms with Gasteiger partial charge < -0.3 is 4.74 Å². The predicted octanol–water partition coefficient (Wildman–Crippen LogP) is 3.01. The molecule has 3 rings (SSSR count). The minimum absolute atomic E-state index is 0.349. The van der Waals surface area contributed by atoms with E-state index < -0.39 is 0 Å². The van der Waals surface area contributed by atoms with Gasteiger partial charge in [-0.15, -0.1) is 5.10 Å². The van der Waals surface area contributed by atoms with Gasteiger partial charge in [0.25, 0.3) is 0 Å². The molecule has 0 spiro atoms. The molecule has 3 aromatic rings. The first-order chi connectivity index (χ1) is 11.3. The van der Waals surface area contributed by atoms with Crippen LogP contribution in [0.2, 0.25) is 0 Å². The average Bonchev–Trinajstić information content (AvgIpc) is 2.99. The monoisotopic (exact) mass is 307 g/mol. The van der Waals surface area contributed by atoms with Crippen molar-refractivity contribution in [3.8, 4) is 11.4 Å². The zero-order chi connectivity index (χ0) is 16.1. The van der Waals surface area contributed by atoms with Crippen molar-refractivity contribution >= 4 is 6.29 Å². The summed E-state index contributed by atoms with van der Waals surface area (Å²) >= 11 is 0. The highest BCUT2D eigenvalue weighted by Gasteiger charge is 2.13. The maximum Gasteiger partial charge on any atom is 0.172 e. The number of aldehydes is 1. The molecule has 1 aromatic heterocycles. The molecule has 0 N–H and O–H groups in total. The fourth-order valence-electron chi connectivity index (χ4n) is 2.31. The second kappa shape index (κ2) is 6.87. The molecule has 116 valence electrons. The minimum Gasteiger partial charge on any atom is -0.493 e. The van der Waals surface area contributed by atoms with Crippen LogP contribution in [0.25, 0.3) is 5.69 Å². The molecular weight excluding hydrogens is 290 g/mol. The number of nitrogens with zero attached hydrogens (tertiary/aromatic N) is 3. The Morgan fingerprint density at radius 1 is 1.09 bits per heavy atom. The number of aryl methyl sites for hydroxylation is 1. The lowest BCUT2D eigenvalue weighted by molar-refractivity contribution is 0.111. The number of hydrogen-bond donors (Lipinski definition) is 0. The smallest absolute Gasteiger partial charge is 0.172 e. The highest BCUT2D eigenvalue weighted by atomic mass is 16.5. The van der Waals surface area contributed by atoms with Gasteiger partial charge in [0.05, 0.1) is 18.0 Å². The summed E-state index contributed by atoms with van der Waals surface area (Å²) in [4.78, 5) is 11.2. The first kappa shape index (κ1) is 15.0. The van der Waals surface area contributed by atoms with Crippen molar-refractivity contribution in [2.24, 2.45) is 0 Å². The molecule has 0 aliphatic heterocycles. The van der Waals surface area contributed by atoms with E-state index in [9.17, 15) is 4.79 Å². The second-order valence-corrected chi connectivity index (χ2v) is 5.20. The normalized spacial score (nSPS) is 10.5. The SMILES string of the molecule is Cc1ccc(-n2nnc(C=O)c2CCOc2ccccc2)cc1. The fraction of sp³-hybridized carbons (Fsp3) is 0.167. The van der Waals surface area contributed by atoms with Crippen molar-refractivity contribution in [3.63, 3.8) is 0 Å². The van der Waals surface area contributed by atoms with Crippen molar-refractivity contribution < 1.29 is 9.53 Å². The zero-order valence-electron chi connectivity index (χ0n) is 12.8. The summed E-state index contributed by atoms with van der Waals surface area (Å²) in [5.74, 6) is 0.800. The number of carbonyl (C=O) groups excluding carboxylic acids is 1. The van der Waals surface area contributed by atoms with Crippen LogP contribution in [0.3, 0.4) is 0 Å². The van der Waals surface area contributed by atoms with E-state index in [1.165, 1.54) is 5.56 Å². The topological polar surface area (TPSA) is 57.0 Å². The van der Waals surface area contributed by atoms with E-state index in [1.807, 2.05) is 61.5 Å². The van der Waals surface area contributed by atoms with E-state index in [1.54, 1.807) is 4.68 Å².